The molecule has 1 fully saturated rings. The molecule has 0 spiro atoms. The van der Waals surface area contributed by atoms with Gasteiger partial charge in [0.25, 0.3) is 5.91 Å². The maximum Gasteiger partial charge on any atom is 0.329 e. The zero-order chi connectivity index (χ0) is 15.0. The van der Waals surface area contributed by atoms with Gasteiger partial charge in [0.05, 0.1) is 0 Å². The first-order valence-electron chi connectivity index (χ1n) is 7.02. The molecule has 0 aromatic carbocycles. The third-order valence-electron chi connectivity index (χ3n) is 4.15. The first-order chi connectivity index (χ1) is 10.0. The van der Waals surface area contributed by atoms with E-state index in [0.29, 0.717) is 18.5 Å². The highest BCUT2D eigenvalue weighted by Crippen LogP contribution is 2.30. The molecule has 0 unspecified atom stereocenters. The van der Waals surface area contributed by atoms with E-state index in [1.54, 1.807) is 6.20 Å². The summed E-state index contributed by atoms with van der Waals surface area (Å²) in [5.41, 5.74) is 0.753. The van der Waals surface area contributed by atoms with Crippen LogP contribution in [-0.4, -0.2) is 31.9 Å². The minimum atomic E-state index is -1.14. The number of aryl methyl sites for hydroxylation is 1. The van der Waals surface area contributed by atoms with Gasteiger partial charge in [-0.2, -0.15) is 0 Å². The first kappa shape index (κ1) is 13.6. The van der Waals surface area contributed by atoms with E-state index >= 15 is 0 Å². The second kappa shape index (κ2) is 4.87. The number of nitrogens with one attached hydrogen (secondary N) is 1. The molecule has 1 amide bonds. The molecule has 3 rings (SSSR count). The molecular weight excluding hydrogens is 270 g/mol. The van der Waals surface area contributed by atoms with Gasteiger partial charge in [0.1, 0.15) is 16.9 Å². The van der Waals surface area contributed by atoms with Gasteiger partial charge in [-0.05, 0) is 31.9 Å². The molecular formula is C15H17N3O3. The van der Waals surface area contributed by atoms with Gasteiger partial charge in [-0.3, -0.25) is 4.79 Å². The number of carbonyl (C=O) groups excluding carboxylic acids is 1. The Hall–Kier alpha value is -2.37. The fourth-order valence-corrected chi connectivity index (χ4v) is 2.91. The van der Waals surface area contributed by atoms with Crippen LogP contribution < -0.4 is 5.32 Å². The fraction of sp³-hybridized carbons (Fsp3) is 0.400. The molecule has 1 aliphatic rings. The molecule has 2 N–H and O–H groups in total. The number of imidazole rings is 1. The van der Waals surface area contributed by atoms with Gasteiger partial charge in [0, 0.05) is 11.9 Å². The summed E-state index contributed by atoms with van der Waals surface area (Å²) in [6.45, 7) is 1.92. The van der Waals surface area contributed by atoms with E-state index in [9.17, 15) is 14.7 Å². The lowest BCUT2D eigenvalue weighted by molar-refractivity contribution is -0.144. The van der Waals surface area contributed by atoms with E-state index in [1.807, 2.05) is 29.5 Å². The first-order valence-corrected chi connectivity index (χ1v) is 7.02. The average Bonchev–Trinajstić information content (AvgIpc) is 3.06. The van der Waals surface area contributed by atoms with Gasteiger partial charge in [-0.15, -0.1) is 0 Å². The van der Waals surface area contributed by atoms with Crippen LogP contribution in [-0.2, 0) is 4.79 Å². The number of carboxylic acid groups (broad SMARTS) is 1. The smallest absolute Gasteiger partial charge is 0.329 e. The summed E-state index contributed by atoms with van der Waals surface area (Å²) in [6.07, 6.45) is 4.22. The highest BCUT2D eigenvalue weighted by Gasteiger charge is 2.43. The third kappa shape index (κ3) is 2.26. The van der Waals surface area contributed by atoms with Crippen molar-refractivity contribution >= 4 is 17.5 Å². The zero-order valence-corrected chi connectivity index (χ0v) is 11.8. The number of aliphatic carboxylic acids is 1. The number of fused-ring (bicyclic) bond motifs is 1. The third-order valence-corrected chi connectivity index (χ3v) is 4.15. The number of pyridine rings is 1. The molecule has 0 bridgehead atoms. The van der Waals surface area contributed by atoms with Crippen molar-refractivity contribution in [2.45, 2.75) is 38.1 Å². The van der Waals surface area contributed by atoms with E-state index in [2.05, 4.69) is 10.3 Å². The monoisotopic (exact) mass is 287 g/mol. The number of hydrogen-bond acceptors (Lipinski definition) is 3. The molecule has 2 heterocycles. The minimum Gasteiger partial charge on any atom is -0.480 e. The fourth-order valence-electron chi connectivity index (χ4n) is 2.91. The molecule has 0 radical (unpaired) electrons. The summed E-state index contributed by atoms with van der Waals surface area (Å²) in [7, 11) is 0. The molecule has 6 nitrogen and oxygen atoms in total. The van der Waals surface area contributed by atoms with E-state index < -0.39 is 17.4 Å². The number of amides is 1. The number of carbonyl (C=O) groups is 2. The maximum atomic E-state index is 12.3. The van der Waals surface area contributed by atoms with Crippen molar-refractivity contribution in [2.24, 2.45) is 0 Å². The molecule has 21 heavy (non-hydrogen) atoms. The van der Waals surface area contributed by atoms with Gasteiger partial charge in [0.15, 0.2) is 0 Å². The largest absolute Gasteiger partial charge is 0.480 e. The van der Waals surface area contributed by atoms with Crippen molar-refractivity contribution in [1.29, 1.82) is 0 Å². The summed E-state index contributed by atoms with van der Waals surface area (Å²) in [5, 5.41) is 12.1. The Morgan fingerprint density at radius 1 is 1.33 bits per heavy atom. The van der Waals surface area contributed by atoms with Crippen molar-refractivity contribution in [3.63, 3.8) is 0 Å². The second-order valence-corrected chi connectivity index (χ2v) is 5.57. The Balaban J connectivity index is 1.90. The quantitative estimate of drug-likeness (QED) is 0.901. The van der Waals surface area contributed by atoms with Crippen molar-refractivity contribution in [2.75, 3.05) is 0 Å². The zero-order valence-electron chi connectivity index (χ0n) is 11.8. The maximum absolute atomic E-state index is 12.3. The summed E-state index contributed by atoms with van der Waals surface area (Å²) in [4.78, 5) is 28.1. The summed E-state index contributed by atoms with van der Waals surface area (Å²) in [5.74, 6) is -1.39. The van der Waals surface area contributed by atoms with Crippen LogP contribution in [0.5, 0.6) is 0 Å². The summed E-state index contributed by atoms with van der Waals surface area (Å²) >= 11 is 0. The molecule has 0 saturated heterocycles. The molecule has 6 heteroatoms. The molecule has 0 aliphatic heterocycles. The normalized spacial score (nSPS) is 17.0. The number of nitrogens with zero attached hydrogens (tertiary/aromatic N) is 2. The predicted octanol–water partition coefficient (Wildman–Crippen LogP) is 1.77. The molecule has 2 aromatic heterocycles. The highest BCUT2D eigenvalue weighted by atomic mass is 16.4. The minimum absolute atomic E-state index is 0.247. The van der Waals surface area contributed by atoms with E-state index in [0.717, 1.165) is 18.5 Å². The Labute approximate surface area is 121 Å². The van der Waals surface area contributed by atoms with Gasteiger partial charge >= 0.3 is 5.97 Å². The van der Waals surface area contributed by atoms with Crippen molar-refractivity contribution in [3.05, 3.63) is 35.8 Å². The lowest BCUT2D eigenvalue weighted by atomic mass is 9.98. The second-order valence-electron chi connectivity index (χ2n) is 5.57. The number of hydrogen-bond donors (Lipinski definition) is 2. The van der Waals surface area contributed by atoms with Crippen molar-refractivity contribution in [1.82, 2.24) is 14.7 Å². The lowest BCUT2D eigenvalue weighted by Crippen LogP contribution is -2.52. The van der Waals surface area contributed by atoms with Crippen LogP contribution >= 0.6 is 0 Å². The molecule has 0 atom stereocenters. The van der Waals surface area contributed by atoms with E-state index in [1.165, 1.54) is 0 Å². The van der Waals surface area contributed by atoms with Crippen LogP contribution in [0, 0.1) is 6.92 Å². The van der Waals surface area contributed by atoms with Gasteiger partial charge in [0.2, 0.25) is 0 Å². The van der Waals surface area contributed by atoms with Gasteiger partial charge in [-0.25, -0.2) is 9.78 Å². The highest BCUT2D eigenvalue weighted by molar-refractivity contribution is 5.97. The van der Waals surface area contributed by atoms with Crippen LogP contribution in [0.25, 0.3) is 5.65 Å². The molecule has 110 valence electrons. The van der Waals surface area contributed by atoms with Crippen LogP contribution in [0.1, 0.15) is 41.9 Å². The van der Waals surface area contributed by atoms with E-state index in [-0.39, 0.29) is 5.69 Å². The molecule has 2 aromatic rings. The number of aromatic nitrogens is 2. The van der Waals surface area contributed by atoms with Crippen LogP contribution in [0.15, 0.2) is 24.4 Å². The Morgan fingerprint density at radius 3 is 2.67 bits per heavy atom. The number of carboxylic acids is 1. The topological polar surface area (TPSA) is 83.7 Å². The average molecular weight is 287 g/mol. The van der Waals surface area contributed by atoms with E-state index in [4.69, 9.17) is 0 Å². The Kier molecular flexibility index (Phi) is 3.16. The van der Waals surface area contributed by atoms with Gasteiger partial charge < -0.3 is 14.8 Å². The SMILES string of the molecule is Cc1cccc2nc(C(=O)NC3(C(=O)O)CCCC3)cn12. The Morgan fingerprint density at radius 2 is 2.05 bits per heavy atom. The molecule has 1 aliphatic carbocycles. The van der Waals surface area contributed by atoms with Gasteiger partial charge in [-0.1, -0.05) is 18.9 Å². The van der Waals surface area contributed by atoms with Crippen molar-refractivity contribution in [3.8, 4) is 0 Å². The van der Waals surface area contributed by atoms with Crippen LogP contribution in [0.4, 0.5) is 0 Å². The summed E-state index contributed by atoms with van der Waals surface area (Å²) in [6, 6.07) is 5.60. The summed E-state index contributed by atoms with van der Waals surface area (Å²) < 4.78 is 1.82. The lowest BCUT2D eigenvalue weighted by Gasteiger charge is -2.24. The predicted molar refractivity (Wildman–Crippen MR) is 76.2 cm³/mol. The van der Waals surface area contributed by atoms with Crippen LogP contribution in [0.2, 0.25) is 0 Å². The Bertz CT molecular complexity index is 714. The molecule has 1 saturated carbocycles. The van der Waals surface area contributed by atoms with Crippen LogP contribution in [0.3, 0.4) is 0 Å². The standard InChI is InChI=1S/C15H17N3O3/c1-10-5-4-6-12-16-11(9-18(10)12)13(19)17-15(14(20)21)7-2-3-8-15/h4-6,9H,2-3,7-8H2,1H3,(H,17,19)(H,20,21). The van der Waals surface area contributed by atoms with Crippen molar-refractivity contribution < 1.29 is 14.7 Å². The number of rotatable bonds is 3.